The predicted octanol–water partition coefficient (Wildman–Crippen LogP) is 2.18. The van der Waals surface area contributed by atoms with E-state index >= 15 is 0 Å². The largest absolute Gasteiger partial charge is 0.337 e. The Balaban J connectivity index is 2.17. The van der Waals surface area contributed by atoms with Crippen LogP contribution in [0.3, 0.4) is 0 Å². The van der Waals surface area contributed by atoms with Gasteiger partial charge in [0.2, 0.25) is 0 Å². The number of carbonyl (C=O) groups excluding carboxylic acids is 1. The van der Waals surface area contributed by atoms with Crippen LogP contribution in [0.5, 0.6) is 0 Å². The molecule has 108 valence electrons. The fourth-order valence-electron chi connectivity index (χ4n) is 2.30. The van der Waals surface area contributed by atoms with E-state index in [4.69, 9.17) is 5.26 Å². The molecule has 2 rings (SSSR count). The molecule has 1 aromatic carbocycles. The monoisotopic (exact) mass is 282 g/mol. The molecule has 1 heterocycles. The van der Waals surface area contributed by atoms with Crippen molar-refractivity contribution in [3.8, 4) is 6.07 Å². The summed E-state index contributed by atoms with van der Waals surface area (Å²) in [5, 5.41) is 13.1. The normalized spacial score (nSPS) is 10.2. The maximum Gasteiger partial charge on any atom is 0.257 e. The van der Waals surface area contributed by atoms with E-state index in [2.05, 4.69) is 11.2 Å². The van der Waals surface area contributed by atoms with Crippen LogP contribution < -0.4 is 0 Å². The van der Waals surface area contributed by atoms with Crippen LogP contribution in [0.15, 0.2) is 24.3 Å². The number of nitriles is 1. The Morgan fingerprint density at radius 1 is 1.33 bits per heavy atom. The summed E-state index contributed by atoms with van der Waals surface area (Å²) in [5.41, 5.74) is 3.88. The lowest BCUT2D eigenvalue weighted by molar-refractivity contribution is 0.0783. The van der Waals surface area contributed by atoms with Gasteiger partial charge in [0.25, 0.3) is 5.91 Å². The quantitative estimate of drug-likeness (QED) is 0.867. The molecule has 5 heteroatoms. The van der Waals surface area contributed by atoms with Crippen molar-refractivity contribution in [2.45, 2.75) is 20.4 Å². The maximum atomic E-state index is 12.5. The minimum absolute atomic E-state index is 0.0394. The van der Waals surface area contributed by atoms with Crippen LogP contribution in [-0.4, -0.2) is 27.6 Å². The number of hydrogen-bond acceptors (Lipinski definition) is 3. The van der Waals surface area contributed by atoms with Gasteiger partial charge in [0.15, 0.2) is 0 Å². The third-order valence-corrected chi connectivity index (χ3v) is 3.57. The van der Waals surface area contributed by atoms with Crippen LogP contribution in [-0.2, 0) is 13.6 Å². The van der Waals surface area contributed by atoms with E-state index in [1.807, 2.05) is 33.0 Å². The van der Waals surface area contributed by atoms with Gasteiger partial charge in [0, 0.05) is 26.3 Å². The third-order valence-electron chi connectivity index (χ3n) is 3.57. The second-order valence-corrected chi connectivity index (χ2v) is 5.14. The van der Waals surface area contributed by atoms with Crippen molar-refractivity contribution in [3.05, 3.63) is 52.3 Å². The van der Waals surface area contributed by atoms with E-state index in [9.17, 15) is 4.79 Å². The summed E-state index contributed by atoms with van der Waals surface area (Å²) in [5.74, 6) is -0.0394. The summed E-state index contributed by atoms with van der Waals surface area (Å²) in [6.07, 6.45) is 0. The molecule has 0 aliphatic rings. The molecule has 1 amide bonds. The number of aryl methyl sites for hydroxylation is 2. The Hall–Kier alpha value is -2.61. The number of benzene rings is 1. The molecule has 0 aliphatic carbocycles. The highest BCUT2D eigenvalue weighted by Crippen LogP contribution is 2.16. The van der Waals surface area contributed by atoms with Gasteiger partial charge < -0.3 is 4.90 Å². The minimum Gasteiger partial charge on any atom is -0.337 e. The highest BCUT2D eigenvalue weighted by molar-refractivity contribution is 5.96. The summed E-state index contributed by atoms with van der Waals surface area (Å²) in [6.45, 7) is 4.23. The molecule has 0 atom stereocenters. The smallest absolute Gasteiger partial charge is 0.257 e. The molecule has 5 nitrogen and oxygen atoms in total. The number of rotatable bonds is 3. The van der Waals surface area contributed by atoms with Crippen molar-refractivity contribution in [1.82, 2.24) is 14.7 Å². The highest BCUT2D eigenvalue weighted by Gasteiger charge is 2.20. The number of nitrogens with zero attached hydrogens (tertiary/aromatic N) is 4. The molecule has 21 heavy (non-hydrogen) atoms. The summed E-state index contributed by atoms with van der Waals surface area (Å²) in [6, 6.07) is 9.33. The van der Waals surface area contributed by atoms with Crippen LogP contribution in [0, 0.1) is 25.2 Å². The van der Waals surface area contributed by atoms with Crippen molar-refractivity contribution in [2.24, 2.45) is 7.05 Å². The number of aromatic nitrogens is 2. The zero-order valence-electron chi connectivity index (χ0n) is 12.7. The minimum atomic E-state index is -0.0394. The molecule has 0 fully saturated rings. The fourth-order valence-corrected chi connectivity index (χ4v) is 2.30. The molecule has 1 aromatic heterocycles. The molecular weight excluding hydrogens is 264 g/mol. The zero-order valence-corrected chi connectivity index (χ0v) is 12.7. The van der Waals surface area contributed by atoms with Gasteiger partial charge in [-0.2, -0.15) is 10.4 Å². The second-order valence-electron chi connectivity index (χ2n) is 5.14. The molecular formula is C16H18N4O. The molecule has 0 unspecified atom stereocenters. The average Bonchev–Trinajstić information content (AvgIpc) is 2.72. The first kappa shape index (κ1) is 14.8. The SMILES string of the molecule is Cc1nn(C)c(C)c1C(=O)N(C)Cc1ccc(C#N)cc1. The van der Waals surface area contributed by atoms with Crippen LogP contribution in [0.25, 0.3) is 0 Å². The van der Waals surface area contributed by atoms with E-state index in [1.54, 1.807) is 28.8 Å². The van der Waals surface area contributed by atoms with Gasteiger partial charge in [-0.1, -0.05) is 12.1 Å². The Kier molecular flexibility index (Phi) is 4.08. The third kappa shape index (κ3) is 2.95. The van der Waals surface area contributed by atoms with Gasteiger partial charge in [-0.25, -0.2) is 0 Å². The maximum absolute atomic E-state index is 12.5. The summed E-state index contributed by atoms with van der Waals surface area (Å²) >= 11 is 0. The summed E-state index contributed by atoms with van der Waals surface area (Å²) in [4.78, 5) is 14.2. The van der Waals surface area contributed by atoms with Crippen molar-refractivity contribution in [3.63, 3.8) is 0 Å². The predicted molar refractivity (Wildman–Crippen MR) is 79.6 cm³/mol. The number of amides is 1. The van der Waals surface area contributed by atoms with Gasteiger partial charge in [-0.3, -0.25) is 9.48 Å². The van der Waals surface area contributed by atoms with E-state index in [0.29, 0.717) is 17.7 Å². The van der Waals surface area contributed by atoms with Gasteiger partial charge in [-0.15, -0.1) is 0 Å². The van der Waals surface area contributed by atoms with Gasteiger partial charge in [0.05, 0.1) is 22.9 Å². The molecule has 0 spiro atoms. The van der Waals surface area contributed by atoms with Crippen molar-refractivity contribution in [1.29, 1.82) is 5.26 Å². The van der Waals surface area contributed by atoms with E-state index < -0.39 is 0 Å². The first-order valence-corrected chi connectivity index (χ1v) is 6.68. The molecule has 0 aliphatic heterocycles. The topological polar surface area (TPSA) is 61.9 Å². The first-order valence-electron chi connectivity index (χ1n) is 6.68. The van der Waals surface area contributed by atoms with E-state index in [-0.39, 0.29) is 5.91 Å². The van der Waals surface area contributed by atoms with Crippen molar-refractivity contribution < 1.29 is 4.79 Å². The zero-order chi connectivity index (χ0) is 15.6. The van der Waals surface area contributed by atoms with Crippen LogP contribution in [0.4, 0.5) is 0 Å². The molecule has 0 bridgehead atoms. The molecule has 0 saturated heterocycles. The lowest BCUT2D eigenvalue weighted by Crippen LogP contribution is -2.27. The van der Waals surface area contributed by atoms with Crippen LogP contribution in [0.2, 0.25) is 0 Å². The molecule has 0 radical (unpaired) electrons. The van der Waals surface area contributed by atoms with Crippen LogP contribution in [0.1, 0.15) is 32.9 Å². The number of carbonyl (C=O) groups is 1. The van der Waals surface area contributed by atoms with E-state index in [0.717, 1.165) is 17.0 Å². The lowest BCUT2D eigenvalue weighted by atomic mass is 10.1. The average molecular weight is 282 g/mol. The Bertz CT molecular complexity index is 707. The Labute approximate surface area is 124 Å². The standard InChI is InChI=1S/C16H18N4O/c1-11-15(12(2)20(4)18-11)16(21)19(3)10-14-7-5-13(9-17)6-8-14/h5-8H,10H2,1-4H3. The van der Waals surface area contributed by atoms with Gasteiger partial charge >= 0.3 is 0 Å². The van der Waals surface area contributed by atoms with Crippen LogP contribution >= 0.6 is 0 Å². The van der Waals surface area contributed by atoms with Crippen molar-refractivity contribution in [2.75, 3.05) is 7.05 Å². The first-order chi connectivity index (χ1) is 9.93. The highest BCUT2D eigenvalue weighted by atomic mass is 16.2. The lowest BCUT2D eigenvalue weighted by Gasteiger charge is -2.17. The summed E-state index contributed by atoms with van der Waals surface area (Å²) < 4.78 is 1.72. The Morgan fingerprint density at radius 3 is 2.43 bits per heavy atom. The number of hydrogen-bond donors (Lipinski definition) is 0. The van der Waals surface area contributed by atoms with Crippen molar-refractivity contribution >= 4 is 5.91 Å². The molecule has 0 N–H and O–H groups in total. The molecule has 0 saturated carbocycles. The fraction of sp³-hybridized carbons (Fsp3) is 0.312. The molecule has 2 aromatic rings. The Morgan fingerprint density at radius 2 is 1.95 bits per heavy atom. The second kappa shape index (κ2) is 5.80. The van der Waals surface area contributed by atoms with Gasteiger partial charge in [-0.05, 0) is 31.5 Å². The van der Waals surface area contributed by atoms with E-state index in [1.165, 1.54) is 0 Å². The van der Waals surface area contributed by atoms with Gasteiger partial charge in [0.1, 0.15) is 0 Å². The summed E-state index contributed by atoms with van der Waals surface area (Å²) in [7, 11) is 3.60.